The van der Waals surface area contributed by atoms with Gasteiger partial charge in [0.25, 0.3) is 0 Å². The highest BCUT2D eigenvalue weighted by atomic mass is 15.3. The van der Waals surface area contributed by atoms with Crippen molar-refractivity contribution >= 4 is 0 Å². The number of nitrogens with one attached hydrogen (secondary N) is 1. The van der Waals surface area contributed by atoms with Gasteiger partial charge in [0.1, 0.15) is 0 Å². The third-order valence-electron chi connectivity index (χ3n) is 5.34. The van der Waals surface area contributed by atoms with Gasteiger partial charge in [-0.05, 0) is 49.9 Å². The molecule has 2 saturated carbocycles. The predicted molar refractivity (Wildman–Crippen MR) is 76.7 cm³/mol. The van der Waals surface area contributed by atoms with E-state index in [1.807, 2.05) is 0 Å². The van der Waals surface area contributed by atoms with Crippen LogP contribution in [-0.2, 0) is 0 Å². The third kappa shape index (κ3) is 2.60. The van der Waals surface area contributed by atoms with E-state index in [1.165, 1.54) is 45.3 Å². The second-order valence-electron chi connectivity index (χ2n) is 8.33. The van der Waals surface area contributed by atoms with Gasteiger partial charge < -0.3 is 5.32 Å². The lowest BCUT2D eigenvalue weighted by atomic mass is 9.80. The molecule has 2 nitrogen and oxygen atoms in total. The summed E-state index contributed by atoms with van der Waals surface area (Å²) in [5.74, 6) is 1.96. The maximum atomic E-state index is 3.90. The van der Waals surface area contributed by atoms with Gasteiger partial charge in [-0.3, -0.25) is 4.90 Å². The number of rotatable bonds is 3. The number of piperazine rings is 1. The van der Waals surface area contributed by atoms with E-state index in [-0.39, 0.29) is 0 Å². The van der Waals surface area contributed by atoms with Crippen LogP contribution in [0, 0.1) is 17.3 Å². The Balaban J connectivity index is 1.72. The zero-order chi connectivity index (χ0) is 13.0. The van der Waals surface area contributed by atoms with Crippen molar-refractivity contribution in [3.8, 4) is 0 Å². The molecule has 1 saturated heterocycles. The molecule has 0 aromatic heterocycles. The van der Waals surface area contributed by atoms with Crippen molar-refractivity contribution in [2.45, 2.75) is 65.0 Å². The summed E-state index contributed by atoms with van der Waals surface area (Å²) >= 11 is 0. The van der Waals surface area contributed by atoms with Crippen LogP contribution in [0.3, 0.4) is 0 Å². The highest BCUT2D eigenvalue weighted by molar-refractivity contribution is 5.06. The summed E-state index contributed by atoms with van der Waals surface area (Å²) in [7, 11) is 0. The second-order valence-corrected chi connectivity index (χ2v) is 8.33. The molecular weight excluding hydrogens is 220 g/mol. The molecule has 3 aliphatic rings. The molecular formula is C16H30N2. The number of hydrogen-bond donors (Lipinski definition) is 1. The summed E-state index contributed by atoms with van der Waals surface area (Å²) < 4.78 is 0. The Kier molecular flexibility index (Phi) is 3.02. The van der Waals surface area contributed by atoms with Crippen molar-refractivity contribution < 1.29 is 0 Å². The van der Waals surface area contributed by atoms with Gasteiger partial charge in [-0.15, -0.1) is 0 Å². The zero-order valence-electron chi connectivity index (χ0n) is 12.6. The molecule has 0 spiro atoms. The summed E-state index contributed by atoms with van der Waals surface area (Å²) in [5, 5.41) is 3.90. The maximum Gasteiger partial charge on any atom is 0.0309 e. The first-order chi connectivity index (χ1) is 8.38. The molecule has 2 aliphatic carbocycles. The van der Waals surface area contributed by atoms with Crippen LogP contribution in [0.1, 0.15) is 53.4 Å². The van der Waals surface area contributed by atoms with Crippen LogP contribution in [0.2, 0.25) is 0 Å². The quantitative estimate of drug-likeness (QED) is 0.828. The largest absolute Gasteiger partial charge is 0.308 e. The Morgan fingerprint density at radius 1 is 1.17 bits per heavy atom. The third-order valence-corrected chi connectivity index (χ3v) is 5.34. The highest BCUT2D eigenvalue weighted by Crippen LogP contribution is 2.43. The Bertz CT molecular complexity index is 312. The molecule has 3 rings (SSSR count). The van der Waals surface area contributed by atoms with Crippen molar-refractivity contribution in [3.05, 3.63) is 0 Å². The zero-order valence-corrected chi connectivity index (χ0v) is 12.6. The molecule has 2 unspecified atom stereocenters. The Labute approximate surface area is 113 Å². The fraction of sp³-hybridized carbons (Fsp3) is 1.00. The van der Waals surface area contributed by atoms with E-state index in [0.717, 1.165) is 11.8 Å². The van der Waals surface area contributed by atoms with Crippen LogP contribution in [0.5, 0.6) is 0 Å². The van der Waals surface area contributed by atoms with Crippen molar-refractivity contribution in [1.29, 1.82) is 0 Å². The summed E-state index contributed by atoms with van der Waals surface area (Å²) in [6.07, 6.45) is 5.84. The molecule has 1 heterocycles. The molecule has 0 amide bonds. The van der Waals surface area contributed by atoms with E-state index in [9.17, 15) is 0 Å². The van der Waals surface area contributed by atoms with Crippen LogP contribution in [0.25, 0.3) is 0 Å². The molecule has 0 bridgehead atoms. The van der Waals surface area contributed by atoms with Gasteiger partial charge >= 0.3 is 0 Å². The van der Waals surface area contributed by atoms with Gasteiger partial charge in [-0.25, -0.2) is 0 Å². The Morgan fingerprint density at radius 3 is 2.33 bits per heavy atom. The first-order valence-corrected chi connectivity index (χ1v) is 7.87. The molecule has 18 heavy (non-hydrogen) atoms. The first kappa shape index (κ1) is 12.9. The van der Waals surface area contributed by atoms with E-state index in [1.54, 1.807) is 0 Å². The molecule has 1 aliphatic heterocycles. The standard InChI is InChI=1S/C16H30N2/c1-15(2,3)14-9-17-16(4,13-7-8-13)11-18(14)10-12-5-6-12/h12-14,17H,5-11H2,1-4H3. The van der Waals surface area contributed by atoms with Gasteiger partial charge in [0.15, 0.2) is 0 Å². The highest BCUT2D eigenvalue weighted by Gasteiger charge is 2.48. The van der Waals surface area contributed by atoms with E-state index in [4.69, 9.17) is 0 Å². The van der Waals surface area contributed by atoms with Crippen LogP contribution in [0.15, 0.2) is 0 Å². The van der Waals surface area contributed by atoms with E-state index < -0.39 is 0 Å². The van der Waals surface area contributed by atoms with Gasteiger partial charge in [0.2, 0.25) is 0 Å². The van der Waals surface area contributed by atoms with Gasteiger partial charge in [0, 0.05) is 31.2 Å². The molecule has 0 aromatic rings. The SMILES string of the molecule is CC(C)(C)C1CNC(C)(C2CC2)CN1CC1CC1. The van der Waals surface area contributed by atoms with Crippen LogP contribution < -0.4 is 5.32 Å². The van der Waals surface area contributed by atoms with Crippen molar-refractivity contribution in [2.24, 2.45) is 17.3 Å². The lowest BCUT2D eigenvalue weighted by Crippen LogP contribution is -2.66. The number of nitrogens with zero attached hydrogens (tertiary/aromatic N) is 1. The first-order valence-electron chi connectivity index (χ1n) is 7.87. The van der Waals surface area contributed by atoms with E-state index in [0.29, 0.717) is 17.0 Å². The Morgan fingerprint density at radius 2 is 1.83 bits per heavy atom. The van der Waals surface area contributed by atoms with Crippen LogP contribution in [-0.4, -0.2) is 36.1 Å². The van der Waals surface area contributed by atoms with Gasteiger partial charge in [0.05, 0.1) is 0 Å². The fourth-order valence-electron chi connectivity index (χ4n) is 3.72. The lowest BCUT2D eigenvalue weighted by molar-refractivity contribution is 0.0172. The van der Waals surface area contributed by atoms with Crippen molar-refractivity contribution in [3.63, 3.8) is 0 Å². The maximum absolute atomic E-state index is 3.90. The average Bonchev–Trinajstić information content (AvgIpc) is 3.11. The normalized spacial score (nSPS) is 39.0. The number of hydrogen-bond acceptors (Lipinski definition) is 2. The average molecular weight is 250 g/mol. The fourth-order valence-corrected chi connectivity index (χ4v) is 3.72. The van der Waals surface area contributed by atoms with E-state index in [2.05, 4.69) is 37.9 Å². The molecule has 2 atom stereocenters. The minimum atomic E-state index is 0.396. The molecule has 104 valence electrons. The van der Waals surface area contributed by atoms with Gasteiger partial charge in [-0.2, -0.15) is 0 Å². The topological polar surface area (TPSA) is 15.3 Å². The summed E-state index contributed by atoms with van der Waals surface area (Å²) in [6, 6.07) is 0.713. The van der Waals surface area contributed by atoms with Crippen LogP contribution in [0.4, 0.5) is 0 Å². The minimum Gasteiger partial charge on any atom is -0.308 e. The molecule has 0 aromatic carbocycles. The molecule has 3 fully saturated rings. The summed E-state index contributed by atoms with van der Waals surface area (Å²) in [6.45, 7) is 13.5. The second kappa shape index (κ2) is 4.21. The van der Waals surface area contributed by atoms with Crippen molar-refractivity contribution in [1.82, 2.24) is 10.2 Å². The summed E-state index contributed by atoms with van der Waals surface area (Å²) in [5.41, 5.74) is 0.795. The smallest absolute Gasteiger partial charge is 0.0309 e. The minimum absolute atomic E-state index is 0.396. The van der Waals surface area contributed by atoms with Crippen molar-refractivity contribution in [2.75, 3.05) is 19.6 Å². The van der Waals surface area contributed by atoms with Gasteiger partial charge in [-0.1, -0.05) is 20.8 Å². The summed E-state index contributed by atoms with van der Waals surface area (Å²) in [4.78, 5) is 2.83. The monoisotopic (exact) mass is 250 g/mol. The van der Waals surface area contributed by atoms with Crippen LogP contribution >= 0.6 is 0 Å². The lowest BCUT2D eigenvalue weighted by Gasteiger charge is -2.51. The predicted octanol–water partition coefficient (Wildman–Crippen LogP) is 2.89. The van der Waals surface area contributed by atoms with E-state index >= 15 is 0 Å². The molecule has 0 radical (unpaired) electrons. The Hall–Kier alpha value is -0.0800. The molecule has 2 heteroatoms. The molecule has 1 N–H and O–H groups in total.